The molecule has 0 radical (unpaired) electrons. The van der Waals surface area contributed by atoms with Crippen LogP contribution in [0.25, 0.3) is 10.9 Å². The summed E-state index contributed by atoms with van der Waals surface area (Å²) < 4.78 is 21.4. The summed E-state index contributed by atoms with van der Waals surface area (Å²) in [5.74, 6) is -1.04. The van der Waals surface area contributed by atoms with Crippen molar-refractivity contribution in [1.29, 1.82) is 0 Å². The van der Waals surface area contributed by atoms with E-state index in [4.69, 9.17) is 4.74 Å². The van der Waals surface area contributed by atoms with Crippen LogP contribution in [-0.4, -0.2) is 29.5 Å². The molecule has 4 aromatic rings. The summed E-state index contributed by atoms with van der Waals surface area (Å²) in [6.45, 7) is 0.926. The van der Waals surface area contributed by atoms with E-state index in [0.717, 1.165) is 18.5 Å². The smallest absolute Gasteiger partial charge is 0.262 e. The molecule has 2 N–H and O–H groups in total. The SMILES string of the molecule is O=C(COc1ccccc1C(=O)NCCCn1ccc2ccccc21)Nc1ccccc1F. The Morgan fingerprint density at radius 1 is 0.909 bits per heavy atom. The standard InChI is InChI=1S/C26H24FN3O3/c27-21-10-3-4-11-22(21)29-25(31)18-33-24-13-6-2-9-20(24)26(32)28-15-7-16-30-17-14-19-8-1-5-12-23(19)30/h1-6,8-14,17H,7,15-16,18H2,(H,28,32)(H,29,31). The van der Waals surface area contributed by atoms with Gasteiger partial charge in [0.15, 0.2) is 6.61 Å². The van der Waals surface area contributed by atoms with E-state index in [1.54, 1.807) is 30.3 Å². The van der Waals surface area contributed by atoms with Gasteiger partial charge in [0, 0.05) is 24.8 Å². The van der Waals surface area contributed by atoms with Gasteiger partial charge in [-0.15, -0.1) is 0 Å². The Balaban J connectivity index is 1.28. The molecule has 1 heterocycles. The van der Waals surface area contributed by atoms with E-state index in [9.17, 15) is 14.0 Å². The molecule has 2 amide bonds. The summed E-state index contributed by atoms with van der Waals surface area (Å²) in [5, 5.41) is 6.54. The van der Waals surface area contributed by atoms with E-state index in [0.29, 0.717) is 12.1 Å². The van der Waals surface area contributed by atoms with E-state index < -0.39 is 11.7 Å². The number of hydrogen-bond acceptors (Lipinski definition) is 3. The van der Waals surface area contributed by atoms with Crippen LogP contribution >= 0.6 is 0 Å². The average Bonchev–Trinajstić information content (AvgIpc) is 3.25. The van der Waals surface area contributed by atoms with Crippen LogP contribution in [0.1, 0.15) is 16.8 Å². The predicted molar refractivity (Wildman–Crippen MR) is 126 cm³/mol. The monoisotopic (exact) mass is 445 g/mol. The number of hydrogen-bond donors (Lipinski definition) is 2. The third-order valence-electron chi connectivity index (χ3n) is 5.18. The highest BCUT2D eigenvalue weighted by Gasteiger charge is 2.14. The number of para-hydroxylation sites is 3. The molecule has 33 heavy (non-hydrogen) atoms. The van der Waals surface area contributed by atoms with Crippen LogP contribution in [0.3, 0.4) is 0 Å². The van der Waals surface area contributed by atoms with Gasteiger partial charge in [0.05, 0.1) is 11.3 Å². The average molecular weight is 445 g/mol. The molecule has 0 saturated heterocycles. The lowest BCUT2D eigenvalue weighted by atomic mass is 10.2. The molecule has 0 spiro atoms. The van der Waals surface area contributed by atoms with Crippen LogP contribution in [0.5, 0.6) is 5.75 Å². The van der Waals surface area contributed by atoms with Gasteiger partial charge in [-0.05, 0) is 48.2 Å². The molecule has 0 aliphatic heterocycles. The van der Waals surface area contributed by atoms with Gasteiger partial charge in [0.1, 0.15) is 11.6 Å². The van der Waals surface area contributed by atoms with Gasteiger partial charge < -0.3 is 19.9 Å². The lowest BCUT2D eigenvalue weighted by Gasteiger charge is -2.12. The maximum Gasteiger partial charge on any atom is 0.262 e. The Kier molecular flexibility index (Phi) is 6.99. The second-order valence-corrected chi connectivity index (χ2v) is 7.49. The molecule has 7 heteroatoms. The molecular weight excluding hydrogens is 421 g/mol. The Morgan fingerprint density at radius 3 is 2.55 bits per heavy atom. The molecule has 0 aliphatic carbocycles. The number of halogens is 1. The Bertz CT molecular complexity index is 1270. The van der Waals surface area contributed by atoms with Crippen LogP contribution in [0.2, 0.25) is 0 Å². The van der Waals surface area contributed by atoms with Crippen molar-refractivity contribution in [3.8, 4) is 5.75 Å². The number of carbonyl (C=O) groups excluding carboxylic acids is 2. The Morgan fingerprint density at radius 2 is 1.67 bits per heavy atom. The fourth-order valence-corrected chi connectivity index (χ4v) is 3.55. The van der Waals surface area contributed by atoms with Gasteiger partial charge in [0.2, 0.25) is 0 Å². The zero-order valence-electron chi connectivity index (χ0n) is 18.0. The normalized spacial score (nSPS) is 10.7. The summed E-state index contributed by atoms with van der Waals surface area (Å²) in [6.07, 6.45) is 2.81. The number of nitrogens with one attached hydrogen (secondary N) is 2. The highest BCUT2D eigenvalue weighted by atomic mass is 19.1. The second-order valence-electron chi connectivity index (χ2n) is 7.49. The van der Waals surface area contributed by atoms with E-state index in [1.165, 1.54) is 23.6 Å². The minimum atomic E-state index is -0.529. The highest BCUT2D eigenvalue weighted by Crippen LogP contribution is 2.19. The molecule has 4 rings (SSSR count). The number of amides is 2. The number of benzene rings is 3. The number of anilines is 1. The van der Waals surface area contributed by atoms with Gasteiger partial charge in [0.25, 0.3) is 11.8 Å². The first-order chi connectivity index (χ1) is 16.1. The number of nitrogens with zero attached hydrogens (tertiary/aromatic N) is 1. The molecular formula is C26H24FN3O3. The molecule has 0 unspecified atom stereocenters. The molecule has 0 bridgehead atoms. The maximum absolute atomic E-state index is 13.7. The van der Waals surface area contributed by atoms with Crippen molar-refractivity contribution >= 4 is 28.4 Å². The zero-order chi connectivity index (χ0) is 23.0. The first-order valence-corrected chi connectivity index (χ1v) is 10.7. The summed E-state index contributed by atoms with van der Waals surface area (Å²) in [5.41, 5.74) is 1.58. The van der Waals surface area contributed by atoms with E-state index >= 15 is 0 Å². The van der Waals surface area contributed by atoms with Gasteiger partial charge in [-0.1, -0.05) is 42.5 Å². The Labute approximate surface area is 191 Å². The van der Waals surface area contributed by atoms with Crippen LogP contribution in [0.15, 0.2) is 85.1 Å². The molecule has 0 aliphatic rings. The van der Waals surface area contributed by atoms with Crippen molar-refractivity contribution in [3.63, 3.8) is 0 Å². The molecule has 6 nitrogen and oxygen atoms in total. The number of ether oxygens (including phenoxy) is 1. The largest absolute Gasteiger partial charge is 0.483 e. The quantitative estimate of drug-likeness (QED) is 0.369. The number of carbonyl (C=O) groups is 2. The Hall–Kier alpha value is -4.13. The topological polar surface area (TPSA) is 72.4 Å². The third kappa shape index (κ3) is 5.57. The van der Waals surface area contributed by atoms with Crippen LogP contribution < -0.4 is 15.4 Å². The fraction of sp³-hybridized carbons (Fsp3) is 0.154. The summed E-state index contributed by atoms with van der Waals surface area (Å²) in [6, 6.07) is 22.8. The van der Waals surface area contributed by atoms with Crippen molar-refractivity contribution in [1.82, 2.24) is 9.88 Å². The second kappa shape index (κ2) is 10.5. The van der Waals surface area contributed by atoms with Crippen molar-refractivity contribution in [2.24, 2.45) is 0 Å². The number of aryl methyl sites for hydroxylation is 1. The fourth-order valence-electron chi connectivity index (χ4n) is 3.55. The van der Waals surface area contributed by atoms with Crippen molar-refractivity contribution in [3.05, 3.63) is 96.4 Å². The summed E-state index contributed by atoms with van der Waals surface area (Å²) in [4.78, 5) is 24.8. The van der Waals surface area contributed by atoms with Crippen LogP contribution in [0, 0.1) is 5.82 Å². The zero-order valence-corrected chi connectivity index (χ0v) is 18.0. The third-order valence-corrected chi connectivity index (χ3v) is 5.18. The van der Waals surface area contributed by atoms with E-state index in [-0.39, 0.29) is 24.0 Å². The lowest BCUT2D eigenvalue weighted by Crippen LogP contribution is -2.26. The molecule has 1 aromatic heterocycles. The van der Waals surface area contributed by atoms with Gasteiger partial charge >= 0.3 is 0 Å². The minimum Gasteiger partial charge on any atom is -0.483 e. The van der Waals surface area contributed by atoms with E-state index in [2.05, 4.69) is 33.4 Å². The number of fused-ring (bicyclic) bond motifs is 1. The number of rotatable bonds is 9. The van der Waals surface area contributed by atoms with Crippen molar-refractivity contribution in [2.45, 2.75) is 13.0 Å². The van der Waals surface area contributed by atoms with Gasteiger partial charge in [-0.25, -0.2) is 4.39 Å². The predicted octanol–water partition coefficient (Wildman–Crippen LogP) is 4.62. The highest BCUT2D eigenvalue weighted by molar-refractivity contribution is 5.97. The number of aromatic nitrogens is 1. The molecule has 168 valence electrons. The molecule has 3 aromatic carbocycles. The maximum atomic E-state index is 13.7. The lowest BCUT2D eigenvalue weighted by molar-refractivity contribution is -0.118. The van der Waals surface area contributed by atoms with Gasteiger partial charge in [-0.2, -0.15) is 0 Å². The molecule has 0 fully saturated rings. The van der Waals surface area contributed by atoms with Crippen LogP contribution in [-0.2, 0) is 11.3 Å². The van der Waals surface area contributed by atoms with Crippen LogP contribution in [0.4, 0.5) is 10.1 Å². The first kappa shape index (κ1) is 22.1. The van der Waals surface area contributed by atoms with Gasteiger partial charge in [-0.3, -0.25) is 9.59 Å². The minimum absolute atomic E-state index is 0.0765. The first-order valence-electron chi connectivity index (χ1n) is 10.7. The summed E-state index contributed by atoms with van der Waals surface area (Å²) in [7, 11) is 0. The van der Waals surface area contributed by atoms with Crippen molar-refractivity contribution < 1.29 is 18.7 Å². The molecule has 0 saturated carbocycles. The van der Waals surface area contributed by atoms with E-state index in [1.807, 2.05) is 18.3 Å². The summed E-state index contributed by atoms with van der Waals surface area (Å²) >= 11 is 0. The van der Waals surface area contributed by atoms with Crippen molar-refractivity contribution in [2.75, 3.05) is 18.5 Å². The molecule has 0 atom stereocenters.